The Balaban J connectivity index is 5.38. The summed E-state index contributed by atoms with van der Waals surface area (Å²) >= 11 is 0. The van der Waals surface area contributed by atoms with Crippen LogP contribution in [0.1, 0.15) is 46.5 Å². The van der Waals surface area contributed by atoms with Crippen molar-refractivity contribution in [1.82, 2.24) is 16.0 Å². The molecule has 0 saturated carbocycles. The van der Waals surface area contributed by atoms with Crippen molar-refractivity contribution in [3.05, 3.63) is 0 Å². The van der Waals surface area contributed by atoms with E-state index < -0.39 is 72.3 Å². The molecule has 0 aliphatic carbocycles. The number of aliphatic hydroxyl groups is 1. The normalized spacial score (nSPS) is 15.9. The number of carboxylic acid groups (broad SMARTS) is 2. The summed E-state index contributed by atoms with van der Waals surface area (Å²) in [5.74, 6) is -6.19. The Hall–Kier alpha value is -3.46. The Labute approximate surface area is 202 Å². The van der Waals surface area contributed by atoms with Crippen LogP contribution in [-0.4, -0.2) is 87.8 Å². The van der Waals surface area contributed by atoms with Gasteiger partial charge in [-0.15, -0.1) is 0 Å². The van der Waals surface area contributed by atoms with E-state index in [0.717, 1.165) is 0 Å². The molecule has 0 aromatic carbocycles. The average Bonchev–Trinajstić information content (AvgIpc) is 2.76. The van der Waals surface area contributed by atoms with Gasteiger partial charge in [0.25, 0.3) is 0 Å². The quantitative estimate of drug-likeness (QED) is 0.0574. The molecule has 35 heavy (non-hydrogen) atoms. The second-order valence-corrected chi connectivity index (χ2v) is 8.15. The van der Waals surface area contributed by atoms with Gasteiger partial charge in [0.2, 0.25) is 17.7 Å². The first kappa shape index (κ1) is 31.5. The van der Waals surface area contributed by atoms with Gasteiger partial charge in [0, 0.05) is 6.54 Å². The molecule has 0 bridgehead atoms. The first-order valence-electron chi connectivity index (χ1n) is 11.1. The van der Waals surface area contributed by atoms with Gasteiger partial charge in [-0.2, -0.15) is 0 Å². The average molecular weight is 504 g/mol. The number of amides is 3. The highest BCUT2D eigenvalue weighted by molar-refractivity contribution is 5.95. The molecule has 12 N–H and O–H groups in total. The standard InChI is InChI=1S/C20H37N7O8/c1-4-9(2)14(19(34)35)26-18(33)15(10(3)28)27-17(32)12(8-13(29)30)25-16(31)11(21)6-5-7-24-20(22)23/h9-12,14-15,28H,4-8,21H2,1-3H3,(H,25,31)(H,26,33)(H,27,32)(H,29,30)(H,34,35)(H4,22,23,24). The van der Waals surface area contributed by atoms with Crippen LogP contribution in [0.15, 0.2) is 4.99 Å². The topological polar surface area (TPSA) is 273 Å². The van der Waals surface area contributed by atoms with E-state index in [4.69, 9.17) is 22.3 Å². The predicted molar refractivity (Wildman–Crippen MR) is 125 cm³/mol. The lowest BCUT2D eigenvalue weighted by Crippen LogP contribution is -2.60. The molecule has 0 heterocycles. The summed E-state index contributed by atoms with van der Waals surface area (Å²) in [6.45, 7) is 4.72. The molecule has 15 heteroatoms. The van der Waals surface area contributed by atoms with Gasteiger partial charge in [-0.1, -0.05) is 20.3 Å². The van der Waals surface area contributed by atoms with Gasteiger partial charge in [-0.05, 0) is 25.7 Å². The van der Waals surface area contributed by atoms with Crippen LogP contribution in [0.5, 0.6) is 0 Å². The van der Waals surface area contributed by atoms with Crippen molar-refractivity contribution in [2.45, 2.75) is 76.7 Å². The summed E-state index contributed by atoms with van der Waals surface area (Å²) in [5, 5.41) is 35.1. The maximum atomic E-state index is 12.7. The smallest absolute Gasteiger partial charge is 0.326 e. The number of rotatable bonds is 16. The van der Waals surface area contributed by atoms with E-state index in [2.05, 4.69) is 20.9 Å². The summed E-state index contributed by atoms with van der Waals surface area (Å²) in [4.78, 5) is 64.2. The molecule has 0 saturated heterocycles. The van der Waals surface area contributed by atoms with Crippen molar-refractivity contribution >= 4 is 35.6 Å². The van der Waals surface area contributed by atoms with E-state index in [1.54, 1.807) is 13.8 Å². The van der Waals surface area contributed by atoms with E-state index in [0.29, 0.717) is 12.8 Å². The molecule has 3 amide bonds. The largest absolute Gasteiger partial charge is 0.481 e. The number of nitrogens with two attached hydrogens (primary N) is 3. The van der Waals surface area contributed by atoms with Crippen LogP contribution >= 0.6 is 0 Å². The second kappa shape index (κ2) is 15.4. The number of hydrogen-bond donors (Lipinski definition) is 9. The number of aliphatic carboxylic acids is 2. The van der Waals surface area contributed by atoms with Gasteiger partial charge in [0.15, 0.2) is 5.96 Å². The minimum absolute atomic E-state index is 0.128. The van der Waals surface area contributed by atoms with Gasteiger partial charge >= 0.3 is 11.9 Å². The van der Waals surface area contributed by atoms with Crippen molar-refractivity contribution in [2.24, 2.45) is 28.1 Å². The Morgan fingerprint density at radius 1 is 0.914 bits per heavy atom. The molecule has 0 spiro atoms. The maximum absolute atomic E-state index is 12.7. The fraction of sp³-hybridized carbons (Fsp3) is 0.700. The molecule has 0 rings (SSSR count). The molecule has 200 valence electrons. The van der Waals surface area contributed by atoms with Crippen LogP contribution in [0.25, 0.3) is 0 Å². The van der Waals surface area contributed by atoms with E-state index in [-0.39, 0.29) is 18.9 Å². The first-order valence-corrected chi connectivity index (χ1v) is 11.1. The molecule has 0 aliphatic rings. The lowest BCUT2D eigenvalue weighted by atomic mass is 9.98. The van der Waals surface area contributed by atoms with E-state index in [1.807, 2.05) is 0 Å². The Bertz CT molecular complexity index is 785. The minimum Gasteiger partial charge on any atom is -0.481 e. The SMILES string of the molecule is CCC(C)C(NC(=O)C(NC(=O)C(CC(=O)O)NC(=O)C(N)CCCN=C(N)N)C(C)O)C(=O)O. The highest BCUT2D eigenvalue weighted by atomic mass is 16.4. The van der Waals surface area contributed by atoms with Crippen LogP contribution in [0.3, 0.4) is 0 Å². The molecule has 15 nitrogen and oxygen atoms in total. The molecule has 0 radical (unpaired) electrons. The Morgan fingerprint density at radius 2 is 1.49 bits per heavy atom. The van der Waals surface area contributed by atoms with Crippen LogP contribution < -0.4 is 33.2 Å². The zero-order chi connectivity index (χ0) is 27.3. The van der Waals surface area contributed by atoms with Crippen LogP contribution in [-0.2, 0) is 24.0 Å². The number of nitrogens with one attached hydrogen (secondary N) is 3. The third-order valence-corrected chi connectivity index (χ3v) is 5.16. The lowest BCUT2D eigenvalue weighted by molar-refractivity contribution is -0.145. The first-order chi connectivity index (χ1) is 16.2. The summed E-state index contributed by atoms with van der Waals surface area (Å²) in [6, 6.07) is -5.62. The number of guanidine groups is 1. The predicted octanol–water partition coefficient (Wildman–Crippen LogP) is -3.19. The molecule has 6 atom stereocenters. The zero-order valence-corrected chi connectivity index (χ0v) is 20.1. The molecular weight excluding hydrogens is 466 g/mol. The van der Waals surface area contributed by atoms with Gasteiger partial charge in [-0.25, -0.2) is 4.79 Å². The summed E-state index contributed by atoms with van der Waals surface area (Å²) in [7, 11) is 0. The minimum atomic E-state index is -1.62. The number of carbonyl (C=O) groups is 5. The van der Waals surface area contributed by atoms with E-state index in [1.165, 1.54) is 6.92 Å². The Morgan fingerprint density at radius 3 is 1.94 bits per heavy atom. The monoisotopic (exact) mass is 503 g/mol. The lowest BCUT2D eigenvalue weighted by Gasteiger charge is -2.27. The van der Waals surface area contributed by atoms with Gasteiger partial charge in [0.1, 0.15) is 18.1 Å². The Kier molecular flexibility index (Phi) is 13.9. The molecule has 0 fully saturated rings. The molecule has 0 aromatic rings. The molecule has 6 unspecified atom stereocenters. The van der Waals surface area contributed by atoms with Gasteiger partial charge in [0.05, 0.1) is 18.6 Å². The molecule has 0 aromatic heterocycles. The number of aliphatic imine (C=N–C) groups is 1. The fourth-order valence-electron chi connectivity index (χ4n) is 2.90. The molecular formula is C20H37N7O8. The van der Waals surface area contributed by atoms with Gasteiger partial charge in [-0.3, -0.25) is 24.2 Å². The number of carbonyl (C=O) groups excluding carboxylic acids is 3. The van der Waals surface area contributed by atoms with Gasteiger partial charge < -0.3 is 48.5 Å². The highest BCUT2D eigenvalue weighted by Crippen LogP contribution is 2.09. The van der Waals surface area contributed by atoms with Crippen molar-refractivity contribution in [1.29, 1.82) is 0 Å². The van der Waals surface area contributed by atoms with Crippen LogP contribution in [0.2, 0.25) is 0 Å². The van der Waals surface area contributed by atoms with E-state index >= 15 is 0 Å². The maximum Gasteiger partial charge on any atom is 0.326 e. The number of hydrogen-bond acceptors (Lipinski definition) is 8. The summed E-state index contributed by atoms with van der Waals surface area (Å²) in [5.41, 5.74) is 16.2. The zero-order valence-electron chi connectivity index (χ0n) is 20.1. The van der Waals surface area contributed by atoms with Crippen molar-refractivity contribution < 1.29 is 39.3 Å². The number of nitrogens with zero attached hydrogens (tertiary/aromatic N) is 1. The fourth-order valence-corrected chi connectivity index (χ4v) is 2.90. The van der Waals surface area contributed by atoms with Crippen LogP contribution in [0.4, 0.5) is 0 Å². The van der Waals surface area contributed by atoms with Crippen LogP contribution in [0, 0.1) is 5.92 Å². The molecule has 0 aliphatic heterocycles. The number of aliphatic hydroxyl groups excluding tert-OH is 1. The number of carboxylic acids is 2. The third kappa shape index (κ3) is 12.0. The second-order valence-electron chi connectivity index (χ2n) is 8.15. The summed E-state index contributed by atoms with van der Waals surface area (Å²) < 4.78 is 0. The van der Waals surface area contributed by atoms with Crippen molar-refractivity contribution in [3.63, 3.8) is 0 Å². The summed E-state index contributed by atoms with van der Waals surface area (Å²) in [6.07, 6.45) is -1.40. The van der Waals surface area contributed by atoms with Crippen molar-refractivity contribution in [2.75, 3.05) is 6.54 Å². The highest BCUT2D eigenvalue weighted by Gasteiger charge is 2.34. The van der Waals surface area contributed by atoms with E-state index in [9.17, 15) is 34.2 Å². The van der Waals surface area contributed by atoms with Crippen molar-refractivity contribution in [3.8, 4) is 0 Å². The third-order valence-electron chi connectivity index (χ3n) is 5.16.